The standard InChI is InChI=1S/C13H16N2O4S2/c16-8-14-10(13(18)19)6-20-7-12(17)15-3-1-11-9(5-15)2-4-21-11/h2,4,8,10H,1,3,5-7H2,(H,14,16)(H,18,19). The first-order valence-corrected chi connectivity index (χ1v) is 8.48. The molecule has 1 atom stereocenters. The quantitative estimate of drug-likeness (QED) is 0.715. The molecule has 1 aliphatic heterocycles. The first-order valence-electron chi connectivity index (χ1n) is 6.45. The van der Waals surface area contributed by atoms with E-state index in [0.717, 1.165) is 6.42 Å². The molecule has 1 aromatic heterocycles. The van der Waals surface area contributed by atoms with Crippen molar-refractivity contribution in [3.8, 4) is 0 Å². The van der Waals surface area contributed by atoms with Gasteiger partial charge in [0.25, 0.3) is 0 Å². The summed E-state index contributed by atoms with van der Waals surface area (Å²) in [5.41, 5.74) is 1.20. The van der Waals surface area contributed by atoms with Crippen molar-refractivity contribution in [1.29, 1.82) is 0 Å². The molecule has 1 aromatic rings. The number of nitrogens with zero attached hydrogens (tertiary/aromatic N) is 1. The number of amides is 2. The molecule has 0 fully saturated rings. The van der Waals surface area contributed by atoms with Crippen LogP contribution in [0.3, 0.4) is 0 Å². The van der Waals surface area contributed by atoms with Crippen LogP contribution in [0, 0.1) is 0 Å². The van der Waals surface area contributed by atoms with Crippen LogP contribution in [0.25, 0.3) is 0 Å². The van der Waals surface area contributed by atoms with Gasteiger partial charge >= 0.3 is 5.97 Å². The summed E-state index contributed by atoms with van der Waals surface area (Å²) in [7, 11) is 0. The zero-order valence-electron chi connectivity index (χ0n) is 11.3. The van der Waals surface area contributed by atoms with Gasteiger partial charge in [-0.15, -0.1) is 23.1 Å². The molecular formula is C13H16N2O4S2. The van der Waals surface area contributed by atoms with Crippen molar-refractivity contribution in [3.63, 3.8) is 0 Å². The lowest BCUT2D eigenvalue weighted by atomic mass is 10.1. The number of nitrogens with one attached hydrogen (secondary N) is 1. The van der Waals surface area contributed by atoms with Crippen molar-refractivity contribution in [2.75, 3.05) is 18.1 Å². The van der Waals surface area contributed by atoms with Crippen LogP contribution in [-0.4, -0.2) is 52.4 Å². The van der Waals surface area contributed by atoms with E-state index in [0.29, 0.717) is 19.5 Å². The van der Waals surface area contributed by atoms with Crippen molar-refractivity contribution in [2.24, 2.45) is 0 Å². The molecule has 8 heteroatoms. The van der Waals surface area contributed by atoms with Gasteiger partial charge in [-0.1, -0.05) is 0 Å². The number of carboxylic acid groups (broad SMARTS) is 1. The fourth-order valence-corrected chi connectivity index (χ4v) is 3.93. The molecule has 114 valence electrons. The molecule has 1 unspecified atom stereocenters. The molecule has 6 nitrogen and oxygen atoms in total. The first kappa shape index (κ1) is 15.8. The van der Waals surface area contributed by atoms with Crippen LogP contribution in [0.2, 0.25) is 0 Å². The van der Waals surface area contributed by atoms with E-state index >= 15 is 0 Å². The number of hydrogen-bond donors (Lipinski definition) is 2. The SMILES string of the molecule is O=CNC(CSCC(=O)N1CCc2sccc2C1)C(=O)O. The Labute approximate surface area is 130 Å². The summed E-state index contributed by atoms with van der Waals surface area (Å²) < 4.78 is 0. The van der Waals surface area contributed by atoms with Crippen LogP contribution in [0.15, 0.2) is 11.4 Å². The fourth-order valence-electron chi connectivity index (χ4n) is 2.09. The van der Waals surface area contributed by atoms with E-state index in [1.165, 1.54) is 22.2 Å². The minimum atomic E-state index is -1.09. The number of fused-ring (bicyclic) bond motifs is 1. The number of thiophene rings is 1. The number of rotatable bonds is 7. The van der Waals surface area contributed by atoms with Gasteiger partial charge in [-0.3, -0.25) is 9.59 Å². The van der Waals surface area contributed by atoms with E-state index in [1.807, 2.05) is 11.4 Å². The Balaban J connectivity index is 1.77. The molecule has 0 radical (unpaired) electrons. The number of aliphatic carboxylic acids is 1. The molecule has 2 heterocycles. The van der Waals surface area contributed by atoms with Crippen LogP contribution >= 0.6 is 23.1 Å². The number of hydrogen-bond acceptors (Lipinski definition) is 5. The molecule has 2 N–H and O–H groups in total. The molecule has 0 saturated heterocycles. The molecule has 21 heavy (non-hydrogen) atoms. The maximum atomic E-state index is 12.1. The molecule has 1 aliphatic rings. The van der Waals surface area contributed by atoms with Crippen molar-refractivity contribution in [1.82, 2.24) is 10.2 Å². The molecular weight excluding hydrogens is 312 g/mol. The van der Waals surface area contributed by atoms with Crippen LogP contribution in [-0.2, 0) is 27.3 Å². The minimum absolute atomic E-state index is 0.00657. The van der Waals surface area contributed by atoms with Gasteiger partial charge in [-0.2, -0.15) is 0 Å². The second-order valence-corrected chi connectivity index (χ2v) is 6.66. The van der Waals surface area contributed by atoms with Gasteiger partial charge in [0.2, 0.25) is 12.3 Å². The highest BCUT2D eigenvalue weighted by Gasteiger charge is 2.22. The summed E-state index contributed by atoms with van der Waals surface area (Å²) in [5.74, 6) is -0.684. The van der Waals surface area contributed by atoms with Gasteiger partial charge in [0.15, 0.2) is 0 Å². The molecule has 0 aliphatic carbocycles. The molecule has 2 amide bonds. The molecule has 0 saturated carbocycles. The third-order valence-corrected chi connectivity index (χ3v) is 5.28. The normalized spacial score (nSPS) is 15.1. The van der Waals surface area contributed by atoms with E-state index in [1.54, 1.807) is 16.2 Å². The number of carbonyl (C=O) groups is 3. The summed E-state index contributed by atoms with van der Waals surface area (Å²) in [6.07, 6.45) is 1.25. The van der Waals surface area contributed by atoms with E-state index < -0.39 is 12.0 Å². The Kier molecular flexibility index (Phi) is 5.63. The fraction of sp³-hybridized carbons (Fsp3) is 0.462. The highest BCUT2D eigenvalue weighted by Crippen LogP contribution is 2.24. The van der Waals surface area contributed by atoms with Crippen molar-refractivity contribution < 1.29 is 19.5 Å². The largest absolute Gasteiger partial charge is 0.480 e. The Hall–Kier alpha value is -1.54. The number of carbonyl (C=O) groups excluding carboxylic acids is 2. The van der Waals surface area contributed by atoms with Crippen molar-refractivity contribution in [2.45, 2.75) is 19.0 Å². The van der Waals surface area contributed by atoms with E-state index in [2.05, 4.69) is 5.32 Å². The van der Waals surface area contributed by atoms with Crippen molar-refractivity contribution >= 4 is 41.4 Å². The monoisotopic (exact) mass is 328 g/mol. The summed E-state index contributed by atoms with van der Waals surface area (Å²) >= 11 is 2.94. The average molecular weight is 328 g/mol. The van der Waals surface area contributed by atoms with E-state index in [9.17, 15) is 14.4 Å². The third-order valence-electron chi connectivity index (χ3n) is 3.24. The zero-order valence-corrected chi connectivity index (χ0v) is 12.9. The van der Waals surface area contributed by atoms with Gasteiger partial charge in [-0.25, -0.2) is 4.79 Å². The minimum Gasteiger partial charge on any atom is -0.480 e. The summed E-state index contributed by atoms with van der Waals surface area (Å²) in [5, 5.41) is 13.1. The lowest BCUT2D eigenvalue weighted by Gasteiger charge is -2.27. The first-order chi connectivity index (χ1) is 10.1. The van der Waals surface area contributed by atoms with E-state index in [-0.39, 0.29) is 17.4 Å². The number of carboxylic acids is 1. The van der Waals surface area contributed by atoms with Gasteiger partial charge in [-0.05, 0) is 23.4 Å². The Bertz CT molecular complexity index is 532. The Morgan fingerprint density at radius 3 is 3.10 bits per heavy atom. The summed E-state index contributed by atoms with van der Waals surface area (Å²) in [6, 6.07) is 1.09. The predicted octanol–water partition coefficient (Wildman–Crippen LogP) is 0.565. The molecule has 0 spiro atoms. The molecule has 0 aromatic carbocycles. The Morgan fingerprint density at radius 2 is 2.38 bits per heavy atom. The van der Waals surface area contributed by atoms with Crippen LogP contribution in [0.1, 0.15) is 10.4 Å². The van der Waals surface area contributed by atoms with Gasteiger partial charge < -0.3 is 15.3 Å². The molecule has 0 bridgehead atoms. The lowest BCUT2D eigenvalue weighted by molar-refractivity contribution is -0.139. The second-order valence-electron chi connectivity index (χ2n) is 4.62. The third kappa shape index (κ3) is 4.21. The second kappa shape index (κ2) is 7.46. The van der Waals surface area contributed by atoms with Crippen molar-refractivity contribution in [3.05, 3.63) is 21.9 Å². The number of thioether (sulfide) groups is 1. The summed E-state index contributed by atoms with van der Waals surface area (Å²) in [4.78, 5) is 36.4. The smallest absolute Gasteiger partial charge is 0.327 e. The highest BCUT2D eigenvalue weighted by molar-refractivity contribution is 8.00. The highest BCUT2D eigenvalue weighted by atomic mass is 32.2. The van der Waals surface area contributed by atoms with E-state index in [4.69, 9.17) is 5.11 Å². The maximum absolute atomic E-state index is 12.1. The van der Waals surface area contributed by atoms with Gasteiger partial charge in [0.05, 0.1) is 5.75 Å². The Morgan fingerprint density at radius 1 is 1.57 bits per heavy atom. The molecule has 2 rings (SSSR count). The van der Waals surface area contributed by atoms with Crippen LogP contribution in [0.4, 0.5) is 0 Å². The van der Waals surface area contributed by atoms with Crippen LogP contribution < -0.4 is 5.32 Å². The topological polar surface area (TPSA) is 86.7 Å². The maximum Gasteiger partial charge on any atom is 0.327 e. The van der Waals surface area contributed by atoms with Gasteiger partial charge in [0.1, 0.15) is 6.04 Å². The average Bonchev–Trinajstić information content (AvgIpc) is 2.93. The summed E-state index contributed by atoms with van der Waals surface area (Å²) in [6.45, 7) is 1.34. The predicted molar refractivity (Wildman–Crippen MR) is 81.4 cm³/mol. The zero-order chi connectivity index (χ0) is 15.2. The van der Waals surface area contributed by atoms with Crippen LogP contribution in [0.5, 0.6) is 0 Å². The van der Waals surface area contributed by atoms with Gasteiger partial charge in [0, 0.05) is 23.7 Å². The lowest BCUT2D eigenvalue weighted by Crippen LogP contribution is -2.39.